The maximum absolute atomic E-state index is 4.53. The highest BCUT2D eigenvalue weighted by molar-refractivity contribution is 7.11. The minimum Gasteiger partial charge on any atom is -0.312 e. The van der Waals surface area contributed by atoms with Crippen molar-refractivity contribution in [2.75, 3.05) is 6.54 Å². The van der Waals surface area contributed by atoms with Crippen LogP contribution >= 0.6 is 11.3 Å². The van der Waals surface area contributed by atoms with Gasteiger partial charge < -0.3 is 5.32 Å². The molecule has 0 aromatic carbocycles. The first-order valence-corrected chi connectivity index (χ1v) is 6.95. The predicted octanol–water partition coefficient (Wildman–Crippen LogP) is 1.57. The van der Waals surface area contributed by atoms with Crippen LogP contribution in [0.1, 0.15) is 22.5 Å². The summed E-state index contributed by atoms with van der Waals surface area (Å²) < 4.78 is 1.84. The number of nitrogens with one attached hydrogen (secondary N) is 1. The van der Waals surface area contributed by atoms with Gasteiger partial charge in [0.1, 0.15) is 12.7 Å². The van der Waals surface area contributed by atoms with Gasteiger partial charge in [0.25, 0.3) is 0 Å². The maximum atomic E-state index is 4.53. The first-order chi connectivity index (χ1) is 8.65. The van der Waals surface area contributed by atoms with E-state index in [0.717, 1.165) is 25.2 Å². The van der Waals surface area contributed by atoms with E-state index < -0.39 is 0 Å². The molecule has 2 heterocycles. The molecule has 2 rings (SSSR count). The number of rotatable bonds is 6. The summed E-state index contributed by atoms with van der Waals surface area (Å²) in [6.07, 6.45) is 4.29. The van der Waals surface area contributed by atoms with Crippen molar-refractivity contribution >= 4 is 11.3 Å². The van der Waals surface area contributed by atoms with E-state index >= 15 is 0 Å². The third-order valence-corrected chi connectivity index (χ3v) is 3.96. The molecule has 0 aliphatic rings. The highest BCUT2D eigenvalue weighted by atomic mass is 32.1. The fourth-order valence-corrected chi connectivity index (χ4v) is 2.68. The van der Waals surface area contributed by atoms with Gasteiger partial charge in [0.05, 0.1) is 17.2 Å². The van der Waals surface area contributed by atoms with Crippen LogP contribution in [-0.2, 0) is 13.0 Å². The van der Waals surface area contributed by atoms with Crippen LogP contribution in [-0.4, -0.2) is 32.3 Å². The molecule has 1 atom stereocenters. The van der Waals surface area contributed by atoms with Crippen LogP contribution in [0.25, 0.3) is 0 Å². The Morgan fingerprint density at radius 1 is 1.44 bits per heavy atom. The molecule has 0 spiro atoms. The monoisotopic (exact) mass is 265 g/mol. The number of nitrogens with zero attached hydrogens (tertiary/aromatic N) is 4. The van der Waals surface area contributed by atoms with Crippen molar-refractivity contribution in [3.05, 3.63) is 28.2 Å². The van der Waals surface area contributed by atoms with Crippen molar-refractivity contribution in [2.24, 2.45) is 0 Å². The van der Waals surface area contributed by atoms with Crippen LogP contribution in [0.2, 0.25) is 0 Å². The standard InChI is InChI=1S/C12H19N5S/c1-9(6-17-8-13-7-15-17)14-5-4-12-16-10(2)11(3)18-12/h7-9,14H,4-6H2,1-3H3/t9-/m0/s1. The fraction of sp³-hybridized carbons (Fsp3) is 0.583. The Labute approximate surface area is 111 Å². The summed E-state index contributed by atoms with van der Waals surface area (Å²) in [6, 6.07) is 0.383. The first-order valence-electron chi connectivity index (χ1n) is 6.14. The Morgan fingerprint density at radius 3 is 2.89 bits per heavy atom. The topological polar surface area (TPSA) is 55.6 Å². The lowest BCUT2D eigenvalue weighted by Crippen LogP contribution is -2.32. The third kappa shape index (κ3) is 3.61. The molecule has 0 fully saturated rings. The van der Waals surface area contributed by atoms with Gasteiger partial charge in [-0.3, -0.25) is 4.68 Å². The smallest absolute Gasteiger partial charge is 0.137 e. The van der Waals surface area contributed by atoms with Gasteiger partial charge in [-0.1, -0.05) is 0 Å². The average Bonchev–Trinajstić information content (AvgIpc) is 2.90. The molecule has 6 heteroatoms. The molecule has 0 radical (unpaired) electrons. The zero-order valence-electron chi connectivity index (χ0n) is 11.1. The van der Waals surface area contributed by atoms with Gasteiger partial charge in [-0.05, 0) is 20.8 Å². The van der Waals surface area contributed by atoms with Gasteiger partial charge in [-0.2, -0.15) is 5.10 Å². The molecule has 0 bridgehead atoms. The lowest BCUT2D eigenvalue weighted by Gasteiger charge is -2.12. The molecule has 0 saturated carbocycles. The lowest BCUT2D eigenvalue weighted by molar-refractivity contribution is 0.453. The first kappa shape index (κ1) is 13.2. The molecule has 0 amide bonds. The molecule has 18 heavy (non-hydrogen) atoms. The Balaban J connectivity index is 1.71. The number of aryl methyl sites for hydroxylation is 2. The minimum absolute atomic E-state index is 0.383. The molecule has 1 N–H and O–H groups in total. The Bertz CT molecular complexity index is 457. The summed E-state index contributed by atoms with van der Waals surface area (Å²) >= 11 is 1.79. The maximum Gasteiger partial charge on any atom is 0.137 e. The molecule has 0 unspecified atom stereocenters. The van der Waals surface area contributed by atoms with E-state index in [1.807, 2.05) is 4.68 Å². The summed E-state index contributed by atoms with van der Waals surface area (Å²) in [5.41, 5.74) is 1.16. The van der Waals surface area contributed by atoms with Gasteiger partial charge in [-0.25, -0.2) is 9.97 Å². The van der Waals surface area contributed by atoms with Crippen molar-refractivity contribution in [1.82, 2.24) is 25.1 Å². The summed E-state index contributed by atoms with van der Waals surface area (Å²) in [6.45, 7) is 8.13. The summed E-state index contributed by atoms with van der Waals surface area (Å²) in [5.74, 6) is 0. The van der Waals surface area contributed by atoms with Gasteiger partial charge in [0.15, 0.2) is 0 Å². The van der Waals surface area contributed by atoms with Crippen molar-refractivity contribution in [1.29, 1.82) is 0 Å². The van der Waals surface area contributed by atoms with E-state index in [2.05, 4.69) is 41.2 Å². The van der Waals surface area contributed by atoms with Crippen LogP contribution in [0.5, 0.6) is 0 Å². The largest absolute Gasteiger partial charge is 0.312 e. The van der Waals surface area contributed by atoms with Gasteiger partial charge in [0.2, 0.25) is 0 Å². The molecule has 5 nitrogen and oxygen atoms in total. The summed E-state index contributed by atoms with van der Waals surface area (Å²) in [5, 5.41) is 8.78. The van der Waals surface area contributed by atoms with Crippen LogP contribution in [0.3, 0.4) is 0 Å². The number of thiazole rings is 1. The molecule has 98 valence electrons. The van der Waals surface area contributed by atoms with E-state index in [0.29, 0.717) is 6.04 Å². The van der Waals surface area contributed by atoms with E-state index in [4.69, 9.17) is 0 Å². The molecule has 0 saturated heterocycles. The number of aromatic nitrogens is 4. The van der Waals surface area contributed by atoms with Gasteiger partial charge in [-0.15, -0.1) is 11.3 Å². The normalized spacial score (nSPS) is 12.8. The van der Waals surface area contributed by atoms with Crippen molar-refractivity contribution in [2.45, 2.75) is 39.8 Å². The minimum atomic E-state index is 0.383. The van der Waals surface area contributed by atoms with Crippen molar-refractivity contribution in [3.63, 3.8) is 0 Å². The summed E-state index contributed by atoms with van der Waals surface area (Å²) in [7, 11) is 0. The fourth-order valence-electron chi connectivity index (χ4n) is 1.74. The Morgan fingerprint density at radius 2 is 2.28 bits per heavy atom. The number of hydrogen-bond acceptors (Lipinski definition) is 5. The molecular weight excluding hydrogens is 246 g/mol. The third-order valence-electron chi connectivity index (χ3n) is 2.83. The van der Waals surface area contributed by atoms with Gasteiger partial charge >= 0.3 is 0 Å². The molecule has 2 aromatic rings. The van der Waals surface area contributed by atoms with Crippen molar-refractivity contribution < 1.29 is 0 Å². The molecular formula is C12H19N5S. The molecule has 0 aliphatic carbocycles. The second-order valence-corrected chi connectivity index (χ2v) is 5.76. The Kier molecular flexibility index (Phi) is 4.43. The van der Waals surface area contributed by atoms with Crippen LogP contribution in [0, 0.1) is 13.8 Å². The highest BCUT2D eigenvalue weighted by Gasteiger charge is 2.05. The van der Waals surface area contributed by atoms with Crippen LogP contribution < -0.4 is 5.32 Å². The SMILES string of the molecule is Cc1nc(CCN[C@@H](C)Cn2cncn2)sc1C. The lowest BCUT2D eigenvalue weighted by atomic mass is 10.3. The molecule has 2 aromatic heterocycles. The van der Waals surface area contributed by atoms with Gasteiger partial charge in [0, 0.05) is 23.9 Å². The van der Waals surface area contributed by atoms with Crippen LogP contribution in [0.4, 0.5) is 0 Å². The summed E-state index contributed by atoms with van der Waals surface area (Å²) in [4.78, 5) is 9.79. The quantitative estimate of drug-likeness (QED) is 0.861. The Hall–Kier alpha value is -1.27. The van der Waals surface area contributed by atoms with Crippen LogP contribution in [0.15, 0.2) is 12.7 Å². The van der Waals surface area contributed by atoms with Crippen molar-refractivity contribution in [3.8, 4) is 0 Å². The predicted molar refractivity (Wildman–Crippen MR) is 72.8 cm³/mol. The van der Waals surface area contributed by atoms with E-state index in [9.17, 15) is 0 Å². The molecule has 0 aliphatic heterocycles. The van der Waals surface area contributed by atoms with E-state index in [1.54, 1.807) is 24.0 Å². The number of hydrogen-bond donors (Lipinski definition) is 1. The zero-order valence-corrected chi connectivity index (χ0v) is 11.9. The second-order valence-electron chi connectivity index (χ2n) is 4.47. The average molecular weight is 265 g/mol. The second kappa shape index (κ2) is 6.06. The van der Waals surface area contributed by atoms with E-state index in [1.165, 1.54) is 9.88 Å². The zero-order chi connectivity index (χ0) is 13.0. The highest BCUT2D eigenvalue weighted by Crippen LogP contribution is 2.16. The van der Waals surface area contributed by atoms with E-state index in [-0.39, 0.29) is 0 Å².